The van der Waals surface area contributed by atoms with Crippen LogP contribution >= 0.6 is 0 Å². The summed E-state index contributed by atoms with van der Waals surface area (Å²) < 4.78 is 40.6. The highest BCUT2D eigenvalue weighted by Crippen LogP contribution is 2.72. The fourth-order valence-corrected chi connectivity index (χ4v) is 7.55. The van der Waals surface area contributed by atoms with Crippen molar-refractivity contribution in [1.29, 1.82) is 0 Å². The van der Waals surface area contributed by atoms with E-state index in [1.807, 2.05) is 27.7 Å². The second-order valence-corrected chi connectivity index (χ2v) is 9.05. The number of carbonyl (C=O) groups excluding carboxylic acids is 2. The lowest BCUT2D eigenvalue weighted by Crippen LogP contribution is -2.52. The molecule has 0 aromatic heterocycles. The molecule has 0 spiro atoms. The maximum atomic E-state index is 12.5. The zero-order valence-electron chi connectivity index (χ0n) is 14.1. The van der Waals surface area contributed by atoms with E-state index in [-0.39, 0.29) is 17.8 Å². The van der Waals surface area contributed by atoms with Gasteiger partial charge in [0.1, 0.15) is 11.4 Å². The van der Waals surface area contributed by atoms with Gasteiger partial charge in [-0.1, -0.05) is 27.4 Å². The van der Waals surface area contributed by atoms with Crippen molar-refractivity contribution in [2.75, 3.05) is 6.61 Å². The largest absolute Gasteiger partial charge is 0.458 e. The Bertz CT molecular complexity index is 714. The molecule has 2 aliphatic carbocycles. The first-order valence-electron chi connectivity index (χ1n) is 7.93. The molecule has 7 unspecified atom stereocenters. The number of carbonyl (C=O) groups is 2. The second kappa shape index (κ2) is 5.05. The van der Waals surface area contributed by atoms with Crippen LogP contribution in [0.2, 0.25) is 0 Å². The lowest BCUT2D eigenvalue weighted by atomic mass is 9.68. The van der Waals surface area contributed by atoms with Crippen molar-refractivity contribution in [3.8, 4) is 0 Å². The third-order valence-corrected chi connectivity index (χ3v) is 8.42. The van der Waals surface area contributed by atoms with Crippen molar-refractivity contribution in [3.63, 3.8) is 0 Å². The van der Waals surface area contributed by atoms with Gasteiger partial charge >= 0.3 is 11.9 Å². The Kier molecular flexibility index (Phi) is 3.66. The van der Waals surface area contributed by atoms with Crippen LogP contribution in [0.15, 0.2) is 12.7 Å². The predicted molar refractivity (Wildman–Crippen MR) is 83.2 cm³/mol. The molecule has 8 heteroatoms. The molecule has 3 rings (SSSR count). The van der Waals surface area contributed by atoms with E-state index >= 15 is 0 Å². The molecule has 0 radical (unpaired) electrons. The Hall–Kier alpha value is -1.41. The highest BCUT2D eigenvalue weighted by molar-refractivity contribution is 7.87. The second-order valence-electron chi connectivity index (χ2n) is 7.35. The van der Waals surface area contributed by atoms with E-state index in [0.29, 0.717) is 0 Å². The summed E-state index contributed by atoms with van der Waals surface area (Å²) in [6.45, 7) is 10.4. The number of rotatable bonds is 4. The molecule has 0 N–H and O–H groups in total. The number of ether oxygens (including phenoxy) is 2. The maximum absolute atomic E-state index is 12.5. The molecule has 2 bridgehead atoms. The quantitative estimate of drug-likeness (QED) is 0.421. The van der Waals surface area contributed by atoms with Gasteiger partial charge in [0.05, 0.1) is 5.60 Å². The van der Waals surface area contributed by atoms with E-state index in [9.17, 15) is 18.0 Å². The normalized spacial score (nSPS) is 47.4. The average molecular weight is 358 g/mol. The van der Waals surface area contributed by atoms with E-state index in [2.05, 4.69) is 11.3 Å². The Morgan fingerprint density at radius 2 is 1.92 bits per heavy atom. The number of hydrogen-bond acceptors (Lipinski definition) is 7. The van der Waals surface area contributed by atoms with Gasteiger partial charge < -0.3 is 9.47 Å². The van der Waals surface area contributed by atoms with Gasteiger partial charge in [0.15, 0.2) is 6.61 Å². The van der Waals surface area contributed by atoms with E-state index < -0.39 is 51.0 Å². The van der Waals surface area contributed by atoms with E-state index in [1.54, 1.807) is 0 Å². The Labute approximate surface area is 141 Å². The minimum Gasteiger partial charge on any atom is -0.458 e. The molecule has 24 heavy (non-hydrogen) atoms. The van der Waals surface area contributed by atoms with Gasteiger partial charge in [-0.05, 0) is 18.8 Å². The van der Waals surface area contributed by atoms with Crippen molar-refractivity contribution in [2.24, 2.45) is 23.2 Å². The van der Waals surface area contributed by atoms with E-state index in [4.69, 9.17) is 8.92 Å². The van der Waals surface area contributed by atoms with Crippen molar-refractivity contribution < 1.29 is 31.7 Å². The lowest BCUT2D eigenvalue weighted by Gasteiger charge is -2.42. The first kappa shape index (κ1) is 17.4. The molecule has 7 atom stereocenters. The summed E-state index contributed by atoms with van der Waals surface area (Å²) in [6.07, 6.45) is 0.125. The summed E-state index contributed by atoms with van der Waals surface area (Å²) in [4.78, 5) is 23.1. The van der Waals surface area contributed by atoms with Crippen molar-refractivity contribution in [1.82, 2.24) is 0 Å². The van der Waals surface area contributed by atoms with Gasteiger partial charge in [-0.3, -0.25) is 4.18 Å². The number of esters is 2. The summed E-state index contributed by atoms with van der Waals surface area (Å²) in [7, 11) is -3.83. The van der Waals surface area contributed by atoms with Crippen LogP contribution < -0.4 is 0 Å². The van der Waals surface area contributed by atoms with E-state index in [0.717, 1.165) is 6.08 Å². The Morgan fingerprint density at radius 3 is 2.50 bits per heavy atom. The highest BCUT2D eigenvalue weighted by atomic mass is 32.2. The molecule has 1 aliphatic heterocycles. The molecule has 0 amide bonds. The minimum atomic E-state index is -3.83. The molecule has 0 aromatic carbocycles. The molecule has 1 heterocycles. The number of fused-ring (bicyclic) bond motifs is 1. The first-order chi connectivity index (χ1) is 11.0. The highest BCUT2D eigenvalue weighted by Gasteiger charge is 2.81. The van der Waals surface area contributed by atoms with Crippen LogP contribution in [0.3, 0.4) is 0 Å². The van der Waals surface area contributed by atoms with Crippen LogP contribution in [0.25, 0.3) is 0 Å². The van der Waals surface area contributed by atoms with Crippen LogP contribution in [-0.4, -0.2) is 43.9 Å². The molecule has 3 aliphatic rings. The molecule has 2 saturated carbocycles. The SMILES string of the molecule is C=CC(=O)OCC(=O)OC1C2C3C(C)C1(C)C(C)C3(C)OS2(=O)=O. The molecule has 0 aromatic rings. The molecule has 134 valence electrons. The van der Waals surface area contributed by atoms with Crippen LogP contribution in [0, 0.1) is 23.2 Å². The fourth-order valence-electron chi connectivity index (χ4n) is 5.17. The first-order valence-corrected chi connectivity index (χ1v) is 9.40. The zero-order valence-corrected chi connectivity index (χ0v) is 15.0. The Balaban J connectivity index is 1.88. The minimum absolute atomic E-state index is 0.0216. The van der Waals surface area contributed by atoms with E-state index in [1.165, 1.54) is 0 Å². The Morgan fingerprint density at radius 1 is 1.29 bits per heavy atom. The predicted octanol–water partition coefficient (Wildman–Crippen LogP) is 1.04. The summed E-state index contributed by atoms with van der Waals surface area (Å²) in [6, 6.07) is 0. The van der Waals surface area contributed by atoms with Gasteiger partial charge in [0.2, 0.25) is 0 Å². The standard InChI is InChI=1S/C16H22O7S/c1-6-10(17)21-7-11(18)22-14-13-12-8(2)15(14,4)9(3)16(12,5)23-24(13,19)20/h6,8-9,12-14H,1,7H2,2-5H3. The van der Waals surface area contributed by atoms with Crippen LogP contribution in [0.1, 0.15) is 27.7 Å². The van der Waals surface area contributed by atoms with Crippen molar-refractivity contribution in [3.05, 3.63) is 12.7 Å². The summed E-state index contributed by atoms with van der Waals surface area (Å²) in [5, 5.41) is -0.877. The molecule has 7 nitrogen and oxygen atoms in total. The average Bonchev–Trinajstić information content (AvgIpc) is 2.90. The third-order valence-electron chi connectivity index (χ3n) is 6.63. The molecule has 1 saturated heterocycles. The monoisotopic (exact) mass is 358 g/mol. The van der Waals surface area contributed by atoms with Crippen molar-refractivity contribution in [2.45, 2.75) is 44.6 Å². The lowest BCUT2D eigenvalue weighted by molar-refractivity contribution is -0.168. The van der Waals surface area contributed by atoms with Gasteiger partial charge in [0, 0.05) is 17.4 Å². The maximum Gasteiger partial charge on any atom is 0.344 e. The van der Waals surface area contributed by atoms with Gasteiger partial charge in [-0.15, -0.1) is 0 Å². The molecular formula is C16H22O7S. The van der Waals surface area contributed by atoms with Gasteiger partial charge in [-0.2, -0.15) is 8.42 Å². The summed E-state index contributed by atoms with van der Waals surface area (Å²) in [5.41, 5.74) is -1.29. The fraction of sp³-hybridized carbons (Fsp3) is 0.750. The van der Waals surface area contributed by atoms with Crippen LogP contribution in [0.4, 0.5) is 0 Å². The van der Waals surface area contributed by atoms with Gasteiger partial charge in [-0.25, -0.2) is 9.59 Å². The van der Waals surface area contributed by atoms with Crippen LogP contribution in [0.5, 0.6) is 0 Å². The third kappa shape index (κ3) is 1.95. The topological polar surface area (TPSA) is 96.0 Å². The summed E-state index contributed by atoms with van der Waals surface area (Å²) in [5.74, 6) is -1.82. The zero-order chi connectivity index (χ0) is 18.1. The molecular weight excluding hydrogens is 336 g/mol. The van der Waals surface area contributed by atoms with Crippen molar-refractivity contribution >= 4 is 22.1 Å². The van der Waals surface area contributed by atoms with Gasteiger partial charge in [0.25, 0.3) is 10.1 Å². The summed E-state index contributed by atoms with van der Waals surface area (Å²) >= 11 is 0. The van der Waals surface area contributed by atoms with Crippen LogP contribution in [-0.2, 0) is 33.4 Å². The molecule has 3 fully saturated rings. The number of hydrogen-bond donors (Lipinski definition) is 0. The smallest absolute Gasteiger partial charge is 0.344 e.